The van der Waals surface area contributed by atoms with Crippen molar-refractivity contribution in [1.82, 2.24) is 0 Å². The Balaban J connectivity index is 5.19. The van der Waals surface area contributed by atoms with Crippen molar-refractivity contribution >= 4 is 39.5 Å². The molecule has 0 aromatic rings. The summed E-state index contributed by atoms with van der Waals surface area (Å²) >= 11 is 0. The average molecular weight is 1420 g/mol. The van der Waals surface area contributed by atoms with Crippen LogP contribution in [0.3, 0.4) is 0 Å². The Morgan fingerprint density at radius 3 is 0.701 bits per heavy atom. The van der Waals surface area contributed by atoms with Crippen LogP contribution in [0.4, 0.5) is 0 Å². The highest BCUT2D eigenvalue weighted by atomic mass is 31.2. The number of ether oxygens (including phenoxy) is 4. The molecule has 0 aliphatic rings. The maximum Gasteiger partial charge on any atom is 0.472 e. The highest BCUT2D eigenvalue weighted by molar-refractivity contribution is 7.47. The molecule has 0 amide bonds. The van der Waals surface area contributed by atoms with Crippen molar-refractivity contribution < 1.29 is 80.2 Å². The predicted molar refractivity (Wildman–Crippen MR) is 395 cm³/mol. The van der Waals surface area contributed by atoms with E-state index in [2.05, 4.69) is 48.5 Å². The molecule has 0 bridgehead atoms. The van der Waals surface area contributed by atoms with Crippen molar-refractivity contribution in [3.8, 4) is 0 Å². The van der Waals surface area contributed by atoms with Crippen LogP contribution in [0.5, 0.6) is 0 Å². The van der Waals surface area contributed by atoms with Gasteiger partial charge < -0.3 is 33.8 Å². The summed E-state index contributed by atoms with van der Waals surface area (Å²) in [5, 5.41) is 10.6. The second-order valence-corrected chi connectivity index (χ2v) is 32.4. The van der Waals surface area contributed by atoms with Gasteiger partial charge in [-0.3, -0.25) is 37.3 Å². The summed E-state index contributed by atoms with van der Waals surface area (Å²) in [6.45, 7) is 11.9. The van der Waals surface area contributed by atoms with Crippen LogP contribution in [0, 0.1) is 17.8 Å². The number of rotatable bonds is 76. The molecule has 0 spiro atoms. The maximum atomic E-state index is 13.1. The smallest absolute Gasteiger partial charge is 0.462 e. The van der Waals surface area contributed by atoms with Crippen LogP contribution < -0.4 is 0 Å². The van der Waals surface area contributed by atoms with E-state index in [1.54, 1.807) is 0 Å². The van der Waals surface area contributed by atoms with Crippen LogP contribution in [0.25, 0.3) is 0 Å². The van der Waals surface area contributed by atoms with Crippen molar-refractivity contribution in [2.24, 2.45) is 17.8 Å². The SMILES string of the molecule is CCCCCCCCCC(=O)OC[C@H](COP(=O)(O)OC[C@H](O)COP(=O)(O)OC[C@@H](COC(=O)CCCCCCCCCCCCCCCCCC(C)C)OC(=O)CCCCCCCCCCCCCCCCCCC(C)C)OC(=O)CCCCCCCCCCCCC(C)C. The first-order valence-corrected chi connectivity index (χ1v) is 43.3. The van der Waals surface area contributed by atoms with Crippen molar-refractivity contribution in [2.45, 2.75) is 420 Å². The van der Waals surface area contributed by atoms with Gasteiger partial charge in [0.2, 0.25) is 0 Å². The van der Waals surface area contributed by atoms with Gasteiger partial charge in [-0.1, -0.05) is 350 Å². The third-order valence-corrected chi connectivity index (χ3v) is 20.0. The van der Waals surface area contributed by atoms with E-state index in [0.717, 1.165) is 120 Å². The van der Waals surface area contributed by atoms with E-state index in [0.29, 0.717) is 25.7 Å². The Labute approximate surface area is 594 Å². The number of phosphoric acid groups is 2. The molecular weight excluding hydrogens is 1270 g/mol. The lowest BCUT2D eigenvalue weighted by Crippen LogP contribution is -2.30. The molecule has 0 aliphatic heterocycles. The van der Waals surface area contributed by atoms with Crippen LogP contribution in [0.1, 0.15) is 402 Å². The quantitative estimate of drug-likeness (QED) is 0.0222. The lowest BCUT2D eigenvalue weighted by molar-refractivity contribution is -0.161. The minimum absolute atomic E-state index is 0.105. The molecule has 0 aliphatic carbocycles. The van der Waals surface area contributed by atoms with E-state index in [1.807, 2.05) is 0 Å². The number of hydrogen-bond acceptors (Lipinski definition) is 15. The maximum absolute atomic E-state index is 13.1. The Hall–Kier alpha value is -1.94. The summed E-state index contributed by atoms with van der Waals surface area (Å²) in [5.41, 5.74) is 0. The molecule has 2 unspecified atom stereocenters. The van der Waals surface area contributed by atoms with Crippen molar-refractivity contribution in [3.63, 3.8) is 0 Å². The summed E-state index contributed by atoms with van der Waals surface area (Å²) < 4.78 is 68.5. The van der Waals surface area contributed by atoms with Crippen LogP contribution in [-0.2, 0) is 65.4 Å². The number of aliphatic hydroxyl groups is 1. The Morgan fingerprint density at radius 1 is 0.278 bits per heavy atom. The van der Waals surface area contributed by atoms with Crippen molar-refractivity contribution in [3.05, 3.63) is 0 Å². The first-order chi connectivity index (χ1) is 46.7. The first kappa shape index (κ1) is 95.1. The van der Waals surface area contributed by atoms with Crippen LogP contribution in [0.2, 0.25) is 0 Å². The molecular formula is C78H152O17P2. The van der Waals surface area contributed by atoms with Crippen LogP contribution in [-0.4, -0.2) is 96.7 Å². The van der Waals surface area contributed by atoms with E-state index in [4.69, 9.17) is 37.0 Å². The Morgan fingerprint density at radius 2 is 0.474 bits per heavy atom. The molecule has 0 heterocycles. The Kier molecular flexibility index (Phi) is 67.1. The zero-order chi connectivity index (χ0) is 71.6. The number of esters is 4. The molecule has 0 fully saturated rings. The largest absolute Gasteiger partial charge is 0.472 e. The summed E-state index contributed by atoms with van der Waals surface area (Å²) in [6, 6.07) is 0. The zero-order valence-corrected chi connectivity index (χ0v) is 65.3. The third-order valence-electron chi connectivity index (χ3n) is 18.1. The minimum atomic E-state index is -4.96. The fraction of sp³-hybridized carbons (Fsp3) is 0.949. The van der Waals surface area contributed by atoms with Gasteiger partial charge in [0.1, 0.15) is 19.3 Å². The van der Waals surface area contributed by atoms with Gasteiger partial charge in [0.25, 0.3) is 0 Å². The van der Waals surface area contributed by atoms with Gasteiger partial charge in [0.15, 0.2) is 12.2 Å². The summed E-state index contributed by atoms with van der Waals surface area (Å²) in [5.74, 6) is 0.248. The molecule has 17 nitrogen and oxygen atoms in total. The lowest BCUT2D eigenvalue weighted by Gasteiger charge is -2.21. The molecule has 5 atom stereocenters. The van der Waals surface area contributed by atoms with E-state index in [-0.39, 0.29) is 25.7 Å². The van der Waals surface area contributed by atoms with Gasteiger partial charge in [0.05, 0.1) is 26.4 Å². The lowest BCUT2D eigenvalue weighted by atomic mass is 10.0. The van der Waals surface area contributed by atoms with Gasteiger partial charge in [0, 0.05) is 25.7 Å². The molecule has 3 N–H and O–H groups in total. The molecule has 0 aromatic heterocycles. The molecule has 576 valence electrons. The number of carbonyl (C=O) groups excluding carboxylic acids is 4. The fourth-order valence-corrected chi connectivity index (χ4v) is 13.5. The van der Waals surface area contributed by atoms with Gasteiger partial charge in [-0.05, 0) is 43.4 Å². The molecule has 97 heavy (non-hydrogen) atoms. The monoisotopic (exact) mass is 1420 g/mol. The van der Waals surface area contributed by atoms with E-state index >= 15 is 0 Å². The van der Waals surface area contributed by atoms with Crippen molar-refractivity contribution in [2.75, 3.05) is 39.6 Å². The molecule has 0 aromatic carbocycles. The second-order valence-electron chi connectivity index (χ2n) is 29.5. The highest BCUT2D eigenvalue weighted by Crippen LogP contribution is 2.45. The van der Waals surface area contributed by atoms with Gasteiger partial charge >= 0.3 is 39.5 Å². The molecule has 0 rings (SSSR count). The van der Waals surface area contributed by atoms with Gasteiger partial charge in [-0.15, -0.1) is 0 Å². The fourth-order valence-electron chi connectivity index (χ4n) is 12.0. The van der Waals surface area contributed by atoms with E-state index in [1.165, 1.54) is 199 Å². The molecule has 0 saturated carbocycles. The normalized spacial score (nSPS) is 14.0. The molecule has 0 saturated heterocycles. The minimum Gasteiger partial charge on any atom is -0.462 e. The van der Waals surface area contributed by atoms with E-state index < -0.39 is 97.5 Å². The topological polar surface area (TPSA) is 237 Å². The zero-order valence-electron chi connectivity index (χ0n) is 63.5. The highest BCUT2D eigenvalue weighted by Gasteiger charge is 2.30. The molecule has 19 heteroatoms. The Bertz CT molecular complexity index is 1890. The van der Waals surface area contributed by atoms with Gasteiger partial charge in [-0.25, -0.2) is 9.13 Å². The number of carbonyl (C=O) groups is 4. The first-order valence-electron chi connectivity index (χ1n) is 40.3. The van der Waals surface area contributed by atoms with Crippen LogP contribution in [0.15, 0.2) is 0 Å². The summed E-state index contributed by atoms with van der Waals surface area (Å²) in [6.07, 6.45) is 55.7. The third kappa shape index (κ3) is 72.2. The number of phosphoric ester groups is 2. The summed E-state index contributed by atoms with van der Waals surface area (Å²) in [7, 11) is -9.91. The molecule has 0 radical (unpaired) electrons. The average Bonchev–Trinajstić information content (AvgIpc) is 1.10. The van der Waals surface area contributed by atoms with Crippen molar-refractivity contribution in [1.29, 1.82) is 0 Å². The number of aliphatic hydroxyl groups excluding tert-OH is 1. The van der Waals surface area contributed by atoms with Gasteiger partial charge in [-0.2, -0.15) is 0 Å². The number of hydrogen-bond donors (Lipinski definition) is 3. The second kappa shape index (κ2) is 68.5. The standard InChI is InChI=1S/C78H152O17P2/c1-8-9-10-11-35-45-52-59-75(80)88-65-73(94-78(83)62-55-48-41-34-28-27-31-38-44-51-58-71(6)7)67-92-96(84,85)90-63-72(79)64-91-97(86,87)93-68-74(66-89-76(81)60-53-46-39-32-25-21-18-14-16-20-24-30-37-43-50-57-70(4)5)95-77(82)61-54-47-40-33-26-22-17-13-12-15-19-23-29-36-42-49-56-69(2)3/h69-74,79H,8-68H2,1-7H3,(H,84,85)(H,86,87)/t72-,73+,74+/m0/s1. The van der Waals surface area contributed by atoms with Crippen LogP contribution >= 0.6 is 15.6 Å². The predicted octanol–water partition coefficient (Wildman–Crippen LogP) is 23.0. The summed E-state index contributed by atoms with van der Waals surface area (Å²) in [4.78, 5) is 72.7. The number of unbranched alkanes of at least 4 members (excludes halogenated alkanes) is 44. The van der Waals surface area contributed by atoms with E-state index in [9.17, 15) is 43.2 Å².